The zero-order valence-electron chi connectivity index (χ0n) is 12.5. The summed E-state index contributed by atoms with van der Waals surface area (Å²) in [6.45, 7) is 3.76. The van der Waals surface area contributed by atoms with Crippen LogP contribution in [-0.2, 0) is 19.1 Å². The van der Waals surface area contributed by atoms with Gasteiger partial charge in [0, 0.05) is 10.0 Å². The number of hydrogen-bond acceptors (Lipinski definition) is 6. The minimum Gasteiger partial charge on any atom is -0.465 e. The molecule has 0 radical (unpaired) electrons. The van der Waals surface area contributed by atoms with E-state index in [4.69, 9.17) is 9.47 Å². The highest BCUT2D eigenvalue weighted by Gasteiger charge is 2.19. The normalized spacial score (nSPS) is 9.95. The maximum Gasteiger partial charge on any atom is 0.325 e. The van der Waals surface area contributed by atoms with Crippen LogP contribution in [0.4, 0.5) is 5.69 Å². The minimum atomic E-state index is -0.446. The highest BCUT2D eigenvalue weighted by Crippen LogP contribution is 2.27. The number of nitrogens with zero attached hydrogens (tertiary/aromatic N) is 1. The van der Waals surface area contributed by atoms with E-state index in [9.17, 15) is 14.4 Å². The van der Waals surface area contributed by atoms with Crippen molar-refractivity contribution in [3.63, 3.8) is 0 Å². The van der Waals surface area contributed by atoms with E-state index in [1.165, 1.54) is 4.90 Å². The number of carbonyl (C=O) groups excluding carboxylic acids is 3. The Morgan fingerprint density at radius 3 is 2.09 bits per heavy atom. The monoisotopic (exact) mass is 371 g/mol. The number of rotatable bonds is 8. The first-order chi connectivity index (χ1) is 10.5. The van der Waals surface area contributed by atoms with Crippen LogP contribution in [0.15, 0.2) is 22.7 Å². The Bertz CT molecular complexity index is 527. The van der Waals surface area contributed by atoms with E-state index in [0.29, 0.717) is 15.7 Å². The third kappa shape index (κ3) is 5.48. The highest BCUT2D eigenvalue weighted by atomic mass is 79.9. The van der Waals surface area contributed by atoms with Gasteiger partial charge in [0.1, 0.15) is 19.4 Å². The van der Waals surface area contributed by atoms with Gasteiger partial charge in [-0.15, -0.1) is 0 Å². The maximum atomic E-state index is 11.7. The van der Waals surface area contributed by atoms with Crippen LogP contribution in [0.5, 0.6) is 0 Å². The van der Waals surface area contributed by atoms with Crippen molar-refractivity contribution in [2.45, 2.75) is 13.8 Å². The van der Waals surface area contributed by atoms with Crippen molar-refractivity contribution in [1.82, 2.24) is 0 Å². The maximum absolute atomic E-state index is 11.7. The lowest BCUT2D eigenvalue weighted by Crippen LogP contribution is -2.36. The Balaban J connectivity index is 2.99. The van der Waals surface area contributed by atoms with Gasteiger partial charge in [0.25, 0.3) is 0 Å². The smallest absolute Gasteiger partial charge is 0.325 e. The van der Waals surface area contributed by atoms with Gasteiger partial charge in [0.2, 0.25) is 0 Å². The molecule has 0 N–H and O–H groups in total. The number of carbonyl (C=O) groups is 3. The molecular formula is C15H18BrNO5. The number of ether oxygens (including phenoxy) is 2. The Labute approximate surface area is 137 Å². The molecule has 0 saturated carbocycles. The summed E-state index contributed by atoms with van der Waals surface area (Å²) in [7, 11) is 0. The molecule has 1 aromatic carbocycles. The second-order valence-corrected chi connectivity index (χ2v) is 5.15. The molecule has 0 aromatic heterocycles. The van der Waals surface area contributed by atoms with E-state index in [1.54, 1.807) is 32.0 Å². The molecule has 0 heterocycles. The molecule has 0 atom stereocenters. The quantitative estimate of drug-likeness (QED) is 0.515. The van der Waals surface area contributed by atoms with E-state index in [0.717, 1.165) is 6.29 Å². The van der Waals surface area contributed by atoms with Crippen molar-refractivity contribution < 1.29 is 23.9 Å². The van der Waals surface area contributed by atoms with Crippen molar-refractivity contribution in [2.24, 2.45) is 0 Å². The van der Waals surface area contributed by atoms with Gasteiger partial charge in [-0.3, -0.25) is 14.4 Å². The lowest BCUT2D eigenvalue weighted by molar-refractivity contribution is -0.142. The Hall–Kier alpha value is -1.89. The summed E-state index contributed by atoms with van der Waals surface area (Å²) in [5.74, 6) is -0.892. The first-order valence-electron chi connectivity index (χ1n) is 6.82. The number of halogens is 1. The summed E-state index contributed by atoms with van der Waals surface area (Å²) in [6.07, 6.45) is 0.718. The van der Waals surface area contributed by atoms with Crippen LogP contribution in [-0.4, -0.2) is 44.5 Å². The molecule has 22 heavy (non-hydrogen) atoms. The molecule has 0 fully saturated rings. The molecule has 0 aliphatic rings. The third-order valence-corrected chi connectivity index (χ3v) is 3.33. The topological polar surface area (TPSA) is 72.9 Å². The summed E-state index contributed by atoms with van der Waals surface area (Å²) >= 11 is 3.34. The van der Waals surface area contributed by atoms with Crippen molar-refractivity contribution in [1.29, 1.82) is 0 Å². The summed E-state index contributed by atoms with van der Waals surface area (Å²) in [5, 5.41) is 0. The fourth-order valence-corrected chi connectivity index (χ4v) is 2.45. The van der Waals surface area contributed by atoms with Crippen LogP contribution in [0.25, 0.3) is 0 Å². The first kappa shape index (κ1) is 18.2. The number of anilines is 1. The number of esters is 2. The molecule has 120 valence electrons. The highest BCUT2D eigenvalue weighted by molar-refractivity contribution is 9.10. The third-order valence-electron chi connectivity index (χ3n) is 2.70. The van der Waals surface area contributed by atoms with Crippen LogP contribution in [0, 0.1) is 0 Å². The second-order valence-electron chi connectivity index (χ2n) is 4.29. The number of benzene rings is 1. The Morgan fingerprint density at radius 2 is 1.68 bits per heavy atom. The fourth-order valence-electron chi connectivity index (χ4n) is 1.80. The van der Waals surface area contributed by atoms with E-state index in [-0.39, 0.29) is 26.3 Å². The Morgan fingerprint density at radius 1 is 1.14 bits per heavy atom. The van der Waals surface area contributed by atoms with E-state index >= 15 is 0 Å². The van der Waals surface area contributed by atoms with Gasteiger partial charge < -0.3 is 14.4 Å². The van der Waals surface area contributed by atoms with Crippen molar-refractivity contribution in [3.8, 4) is 0 Å². The molecule has 0 bridgehead atoms. The molecule has 6 nitrogen and oxygen atoms in total. The zero-order chi connectivity index (χ0) is 16.5. The van der Waals surface area contributed by atoms with Crippen LogP contribution in [0.3, 0.4) is 0 Å². The van der Waals surface area contributed by atoms with Gasteiger partial charge in [0.05, 0.1) is 18.9 Å². The molecule has 0 aliphatic heterocycles. The summed E-state index contributed by atoms with van der Waals surface area (Å²) < 4.78 is 10.4. The van der Waals surface area contributed by atoms with Crippen molar-refractivity contribution in [2.75, 3.05) is 31.2 Å². The van der Waals surface area contributed by atoms with E-state index in [1.807, 2.05) is 0 Å². The minimum absolute atomic E-state index is 0.0916. The molecule has 0 spiro atoms. The molecular weight excluding hydrogens is 354 g/mol. The van der Waals surface area contributed by atoms with Gasteiger partial charge in [-0.1, -0.05) is 0 Å². The van der Waals surface area contributed by atoms with Gasteiger partial charge in [-0.25, -0.2) is 0 Å². The molecule has 1 aromatic rings. The average Bonchev–Trinajstić information content (AvgIpc) is 2.47. The van der Waals surface area contributed by atoms with Gasteiger partial charge in [-0.05, 0) is 48.0 Å². The summed E-state index contributed by atoms with van der Waals surface area (Å²) in [6, 6.07) is 4.88. The lowest BCUT2D eigenvalue weighted by Gasteiger charge is -2.24. The van der Waals surface area contributed by atoms with Gasteiger partial charge >= 0.3 is 11.9 Å². The molecule has 0 amide bonds. The number of aldehydes is 1. The van der Waals surface area contributed by atoms with E-state index in [2.05, 4.69) is 15.9 Å². The molecule has 0 aliphatic carbocycles. The predicted molar refractivity (Wildman–Crippen MR) is 85.0 cm³/mol. The van der Waals surface area contributed by atoms with Crippen LogP contribution in [0.2, 0.25) is 0 Å². The average molecular weight is 372 g/mol. The van der Waals surface area contributed by atoms with Gasteiger partial charge in [-0.2, -0.15) is 0 Å². The van der Waals surface area contributed by atoms with E-state index < -0.39 is 11.9 Å². The lowest BCUT2D eigenvalue weighted by atomic mass is 10.2. The number of hydrogen-bond donors (Lipinski definition) is 0. The molecule has 0 unspecified atom stereocenters. The fraction of sp³-hybridized carbons (Fsp3) is 0.400. The van der Waals surface area contributed by atoms with Crippen LogP contribution in [0.1, 0.15) is 24.2 Å². The zero-order valence-corrected chi connectivity index (χ0v) is 14.1. The van der Waals surface area contributed by atoms with Crippen LogP contribution < -0.4 is 4.90 Å². The second kappa shape index (κ2) is 9.19. The molecule has 0 saturated heterocycles. The summed E-state index contributed by atoms with van der Waals surface area (Å²) in [5.41, 5.74) is 1.09. The largest absolute Gasteiger partial charge is 0.465 e. The Kier molecular flexibility index (Phi) is 7.59. The van der Waals surface area contributed by atoms with Crippen molar-refractivity contribution in [3.05, 3.63) is 28.2 Å². The molecule has 7 heteroatoms. The first-order valence-corrected chi connectivity index (χ1v) is 7.62. The van der Waals surface area contributed by atoms with Gasteiger partial charge in [0.15, 0.2) is 0 Å². The summed E-state index contributed by atoms with van der Waals surface area (Å²) in [4.78, 5) is 35.7. The predicted octanol–water partition coefficient (Wildman–Crippen LogP) is 2.19. The van der Waals surface area contributed by atoms with Crippen LogP contribution >= 0.6 is 15.9 Å². The SMILES string of the molecule is CCOC(=O)CN(CC(=O)OCC)c1ccc(C=O)cc1Br. The molecule has 1 rings (SSSR count). The van der Waals surface area contributed by atoms with Crippen molar-refractivity contribution >= 4 is 39.8 Å². The standard InChI is InChI=1S/C15H18BrNO5/c1-3-21-14(19)8-17(9-15(20)22-4-2)13-6-5-11(10-18)7-12(13)16/h5-7,10H,3-4,8-9H2,1-2H3.